The Balaban J connectivity index is 1.83. The van der Waals surface area contributed by atoms with E-state index in [1.807, 2.05) is 0 Å². The summed E-state index contributed by atoms with van der Waals surface area (Å²) < 4.78 is 41.2. The number of aliphatic hydroxyl groups is 1. The fourth-order valence-electron chi connectivity index (χ4n) is 3.13. The second kappa shape index (κ2) is 8.97. The van der Waals surface area contributed by atoms with Crippen molar-refractivity contribution >= 4 is 44.8 Å². The van der Waals surface area contributed by atoms with Crippen molar-refractivity contribution in [1.82, 2.24) is 4.72 Å². The van der Waals surface area contributed by atoms with E-state index in [0.717, 1.165) is 25.0 Å². The Morgan fingerprint density at radius 2 is 1.79 bits per heavy atom. The van der Waals surface area contributed by atoms with E-state index in [4.69, 9.17) is 23.2 Å². The number of sulfonamides is 1. The Morgan fingerprint density at radius 3 is 2.48 bits per heavy atom. The van der Waals surface area contributed by atoms with Crippen LogP contribution in [-0.2, 0) is 10.0 Å². The molecule has 1 aliphatic rings. The summed E-state index contributed by atoms with van der Waals surface area (Å²) in [6.07, 6.45) is 1.97. The molecule has 3 N–H and O–H groups in total. The van der Waals surface area contributed by atoms with Crippen molar-refractivity contribution in [1.29, 1.82) is 0 Å². The first-order valence-electron chi connectivity index (χ1n) is 8.94. The number of carbonyl (C=O) groups is 1. The van der Waals surface area contributed by atoms with Gasteiger partial charge in [0.25, 0.3) is 5.91 Å². The van der Waals surface area contributed by atoms with Crippen LogP contribution in [0.4, 0.5) is 10.1 Å². The maximum atomic E-state index is 13.3. The molecule has 2 atom stereocenters. The molecule has 1 fully saturated rings. The summed E-state index contributed by atoms with van der Waals surface area (Å²) in [4.78, 5) is 12.4. The molecule has 10 heteroatoms. The predicted octanol–water partition coefficient (Wildman–Crippen LogP) is 3.97. The van der Waals surface area contributed by atoms with Crippen molar-refractivity contribution in [3.05, 3.63) is 57.8 Å². The molecule has 3 rings (SSSR count). The van der Waals surface area contributed by atoms with Crippen molar-refractivity contribution < 1.29 is 22.7 Å². The molecule has 2 unspecified atom stereocenters. The SMILES string of the molecule is O=C(Nc1ccc(F)c(Cl)c1)c1cc(S(=O)(=O)NC2CCCCC2O)ccc1Cl. The third-order valence-corrected chi connectivity index (χ3v) is 6.81. The Hall–Kier alpha value is -1.71. The largest absolute Gasteiger partial charge is 0.391 e. The van der Waals surface area contributed by atoms with Crippen LogP contribution in [0.5, 0.6) is 0 Å². The Bertz CT molecular complexity index is 1030. The van der Waals surface area contributed by atoms with Crippen LogP contribution in [0.1, 0.15) is 36.0 Å². The molecule has 2 aromatic rings. The van der Waals surface area contributed by atoms with E-state index in [1.54, 1.807) is 0 Å². The highest BCUT2D eigenvalue weighted by Gasteiger charge is 2.28. The van der Waals surface area contributed by atoms with Crippen LogP contribution in [-0.4, -0.2) is 31.6 Å². The quantitative estimate of drug-likeness (QED) is 0.628. The monoisotopic (exact) mass is 460 g/mol. The fraction of sp³-hybridized carbons (Fsp3) is 0.316. The Morgan fingerprint density at radius 1 is 1.07 bits per heavy atom. The smallest absolute Gasteiger partial charge is 0.257 e. The zero-order valence-corrected chi connectivity index (χ0v) is 17.5. The molecule has 29 heavy (non-hydrogen) atoms. The first-order valence-corrected chi connectivity index (χ1v) is 11.2. The van der Waals surface area contributed by atoms with Crippen LogP contribution in [0.3, 0.4) is 0 Å². The highest BCUT2D eigenvalue weighted by Crippen LogP contribution is 2.25. The van der Waals surface area contributed by atoms with Crippen molar-refractivity contribution in [2.24, 2.45) is 0 Å². The Kier molecular flexibility index (Phi) is 6.80. The molecule has 0 saturated heterocycles. The highest BCUT2D eigenvalue weighted by atomic mass is 35.5. The van der Waals surface area contributed by atoms with Crippen molar-refractivity contribution in [3.8, 4) is 0 Å². The number of benzene rings is 2. The zero-order chi connectivity index (χ0) is 21.2. The molecular formula is C19H19Cl2FN2O4S. The van der Waals surface area contributed by atoms with Crippen LogP contribution < -0.4 is 10.0 Å². The van der Waals surface area contributed by atoms with Gasteiger partial charge in [-0.05, 0) is 49.2 Å². The van der Waals surface area contributed by atoms with Gasteiger partial charge in [-0.15, -0.1) is 0 Å². The summed E-state index contributed by atoms with van der Waals surface area (Å²) in [5.41, 5.74) is 0.161. The number of nitrogens with one attached hydrogen (secondary N) is 2. The highest BCUT2D eigenvalue weighted by molar-refractivity contribution is 7.89. The topological polar surface area (TPSA) is 95.5 Å². The fourth-order valence-corrected chi connectivity index (χ4v) is 4.85. The van der Waals surface area contributed by atoms with Crippen molar-refractivity contribution in [2.45, 2.75) is 42.7 Å². The average Bonchev–Trinajstić information content (AvgIpc) is 2.66. The second-order valence-corrected chi connectivity index (χ2v) is 9.33. The molecule has 0 bridgehead atoms. The molecule has 156 valence electrons. The molecule has 0 spiro atoms. The van der Waals surface area contributed by atoms with Crippen LogP contribution in [0.2, 0.25) is 10.0 Å². The second-order valence-electron chi connectivity index (χ2n) is 6.80. The molecule has 1 saturated carbocycles. The molecule has 1 aliphatic carbocycles. The van der Waals surface area contributed by atoms with E-state index in [1.165, 1.54) is 24.3 Å². The van der Waals surface area contributed by atoms with Gasteiger partial charge in [0.15, 0.2) is 0 Å². The molecule has 0 aromatic heterocycles. The third-order valence-electron chi connectivity index (χ3n) is 4.71. The first-order chi connectivity index (χ1) is 13.7. The van der Waals surface area contributed by atoms with Gasteiger partial charge in [-0.2, -0.15) is 0 Å². The van der Waals surface area contributed by atoms with Gasteiger partial charge in [0.2, 0.25) is 10.0 Å². The van der Waals surface area contributed by atoms with Gasteiger partial charge < -0.3 is 10.4 Å². The number of carbonyl (C=O) groups excluding carboxylic acids is 1. The van der Waals surface area contributed by atoms with E-state index >= 15 is 0 Å². The number of amides is 1. The first kappa shape index (κ1) is 22.0. The molecule has 0 radical (unpaired) electrons. The van der Waals surface area contributed by atoms with Gasteiger partial charge in [-0.3, -0.25) is 4.79 Å². The lowest BCUT2D eigenvalue weighted by Gasteiger charge is -2.28. The van der Waals surface area contributed by atoms with Gasteiger partial charge in [0.1, 0.15) is 5.82 Å². The standard InChI is InChI=1S/C19H19Cl2FN2O4S/c20-14-7-6-12(29(27,28)24-17-3-1-2-4-18(17)25)10-13(14)19(26)23-11-5-8-16(22)15(21)9-11/h5-10,17-18,24-25H,1-4H2,(H,23,26). The lowest BCUT2D eigenvalue weighted by Crippen LogP contribution is -2.44. The summed E-state index contributed by atoms with van der Waals surface area (Å²) in [5.74, 6) is -1.31. The van der Waals surface area contributed by atoms with Gasteiger partial charge in [0.05, 0.1) is 26.6 Å². The molecule has 2 aromatic carbocycles. The van der Waals surface area contributed by atoms with E-state index in [9.17, 15) is 22.7 Å². The number of aliphatic hydroxyl groups excluding tert-OH is 1. The summed E-state index contributed by atoms with van der Waals surface area (Å²) in [5, 5.41) is 12.4. The summed E-state index contributed by atoms with van der Waals surface area (Å²) in [7, 11) is -3.97. The van der Waals surface area contributed by atoms with Crippen LogP contribution in [0, 0.1) is 5.82 Å². The van der Waals surface area contributed by atoms with E-state index in [-0.39, 0.29) is 26.2 Å². The maximum absolute atomic E-state index is 13.3. The summed E-state index contributed by atoms with van der Waals surface area (Å²) >= 11 is 11.8. The third kappa shape index (κ3) is 5.26. The van der Waals surface area contributed by atoms with Gasteiger partial charge in [0, 0.05) is 11.7 Å². The van der Waals surface area contributed by atoms with Crippen LogP contribution in [0.25, 0.3) is 0 Å². The minimum Gasteiger partial charge on any atom is -0.391 e. The minimum absolute atomic E-state index is 0.0485. The molecule has 0 aliphatic heterocycles. The normalized spacial score (nSPS) is 19.7. The number of hydrogen-bond acceptors (Lipinski definition) is 4. The number of anilines is 1. The Labute approximate surface area is 178 Å². The zero-order valence-electron chi connectivity index (χ0n) is 15.2. The van der Waals surface area contributed by atoms with Crippen LogP contribution in [0.15, 0.2) is 41.3 Å². The van der Waals surface area contributed by atoms with E-state index in [2.05, 4.69) is 10.0 Å². The predicted molar refractivity (Wildman–Crippen MR) is 109 cm³/mol. The number of halogens is 3. The number of rotatable bonds is 5. The number of hydrogen-bond donors (Lipinski definition) is 3. The summed E-state index contributed by atoms with van der Waals surface area (Å²) in [6.45, 7) is 0. The molecule has 0 heterocycles. The van der Waals surface area contributed by atoms with Crippen molar-refractivity contribution in [3.63, 3.8) is 0 Å². The molecular weight excluding hydrogens is 442 g/mol. The molecule has 1 amide bonds. The van der Waals surface area contributed by atoms with Crippen molar-refractivity contribution in [2.75, 3.05) is 5.32 Å². The lowest BCUT2D eigenvalue weighted by molar-refractivity contribution is 0.101. The van der Waals surface area contributed by atoms with Gasteiger partial charge >= 0.3 is 0 Å². The minimum atomic E-state index is -3.97. The maximum Gasteiger partial charge on any atom is 0.257 e. The summed E-state index contributed by atoms with van der Waals surface area (Å²) in [6, 6.07) is 6.81. The van der Waals surface area contributed by atoms with Gasteiger partial charge in [-0.25, -0.2) is 17.5 Å². The molecule has 6 nitrogen and oxygen atoms in total. The average molecular weight is 461 g/mol. The van der Waals surface area contributed by atoms with E-state index < -0.39 is 33.9 Å². The van der Waals surface area contributed by atoms with E-state index in [0.29, 0.717) is 12.8 Å². The van der Waals surface area contributed by atoms with Crippen LogP contribution >= 0.6 is 23.2 Å². The lowest BCUT2D eigenvalue weighted by atomic mass is 9.93. The van der Waals surface area contributed by atoms with Gasteiger partial charge in [-0.1, -0.05) is 36.0 Å².